The van der Waals surface area contributed by atoms with Crippen LogP contribution in [0.4, 0.5) is 9.52 Å². The molecule has 0 fully saturated rings. The van der Waals surface area contributed by atoms with Crippen molar-refractivity contribution in [2.75, 3.05) is 5.73 Å². The van der Waals surface area contributed by atoms with Gasteiger partial charge in [0.2, 0.25) is 0 Å². The van der Waals surface area contributed by atoms with Crippen LogP contribution in [-0.2, 0) is 0 Å². The van der Waals surface area contributed by atoms with Crippen molar-refractivity contribution in [3.63, 3.8) is 0 Å². The van der Waals surface area contributed by atoms with Crippen molar-refractivity contribution >= 4 is 28.1 Å². The third kappa shape index (κ3) is 1.86. The Labute approximate surface area is 89.2 Å². The van der Waals surface area contributed by atoms with E-state index in [1.807, 2.05) is 0 Å². The van der Waals surface area contributed by atoms with Gasteiger partial charge in [0.1, 0.15) is 5.82 Å². The molecule has 72 valence electrons. The van der Waals surface area contributed by atoms with E-state index in [1.54, 1.807) is 12.3 Å². The fourth-order valence-electron chi connectivity index (χ4n) is 1.12. The van der Waals surface area contributed by atoms with Crippen molar-refractivity contribution in [3.05, 3.63) is 35.2 Å². The number of halogens is 2. The molecule has 0 saturated carbocycles. The minimum atomic E-state index is -0.362. The monoisotopic (exact) mass is 228 g/mol. The number of nitrogens with two attached hydrogens (primary N) is 1. The minimum Gasteiger partial charge on any atom is -0.375 e. The van der Waals surface area contributed by atoms with Gasteiger partial charge in [0.05, 0.1) is 4.88 Å². The summed E-state index contributed by atoms with van der Waals surface area (Å²) in [6.07, 6.45) is 1.60. The standard InChI is InChI=1S/C9H6ClFN2S/c10-6-1-5(2-7(11)3-6)8-4-13-9(12)14-8/h1-4H,(H2,12,13). The summed E-state index contributed by atoms with van der Waals surface area (Å²) >= 11 is 7.02. The normalized spacial score (nSPS) is 10.4. The van der Waals surface area contributed by atoms with E-state index in [1.165, 1.54) is 23.5 Å². The van der Waals surface area contributed by atoms with Crippen LogP contribution in [0.3, 0.4) is 0 Å². The van der Waals surface area contributed by atoms with Crippen LogP contribution < -0.4 is 5.73 Å². The van der Waals surface area contributed by atoms with Crippen molar-refractivity contribution in [2.45, 2.75) is 0 Å². The SMILES string of the molecule is Nc1ncc(-c2cc(F)cc(Cl)c2)s1. The van der Waals surface area contributed by atoms with Crippen LogP contribution in [0.25, 0.3) is 10.4 Å². The Bertz CT molecular complexity index is 449. The van der Waals surface area contributed by atoms with E-state index in [2.05, 4.69) is 4.98 Å². The average Bonchev–Trinajstić information content (AvgIpc) is 2.50. The summed E-state index contributed by atoms with van der Waals surface area (Å²) in [5.74, 6) is -0.362. The predicted molar refractivity (Wildman–Crippen MR) is 56.9 cm³/mol. The third-order valence-electron chi connectivity index (χ3n) is 1.67. The maximum absolute atomic E-state index is 13.0. The first kappa shape index (κ1) is 9.43. The van der Waals surface area contributed by atoms with Crippen LogP contribution in [0.15, 0.2) is 24.4 Å². The van der Waals surface area contributed by atoms with Gasteiger partial charge in [-0.15, -0.1) is 0 Å². The number of benzene rings is 1. The first-order valence-corrected chi connectivity index (χ1v) is 5.02. The predicted octanol–water partition coefficient (Wildman–Crippen LogP) is 3.18. The molecule has 2 nitrogen and oxygen atoms in total. The van der Waals surface area contributed by atoms with Crippen LogP contribution in [0.1, 0.15) is 0 Å². The molecule has 1 aromatic heterocycles. The molecule has 2 N–H and O–H groups in total. The van der Waals surface area contributed by atoms with Gasteiger partial charge in [-0.05, 0) is 23.8 Å². The maximum Gasteiger partial charge on any atom is 0.180 e. The van der Waals surface area contributed by atoms with Crippen LogP contribution in [0.2, 0.25) is 5.02 Å². The number of rotatable bonds is 1. The van der Waals surface area contributed by atoms with E-state index >= 15 is 0 Å². The molecule has 14 heavy (non-hydrogen) atoms. The fourth-order valence-corrected chi connectivity index (χ4v) is 2.01. The lowest BCUT2D eigenvalue weighted by Crippen LogP contribution is -1.77. The van der Waals surface area contributed by atoms with Gasteiger partial charge in [-0.2, -0.15) is 0 Å². The molecule has 2 aromatic rings. The number of nitrogens with zero attached hydrogens (tertiary/aromatic N) is 1. The smallest absolute Gasteiger partial charge is 0.180 e. The Morgan fingerprint density at radius 1 is 1.36 bits per heavy atom. The maximum atomic E-state index is 13.0. The summed E-state index contributed by atoms with van der Waals surface area (Å²) < 4.78 is 13.0. The molecule has 2 rings (SSSR count). The molecule has 0 aliphatic rings. The molecule has 0 amide bonds. The summed E-state index contributed by atoms with van der Waals surface area (Å²) in [4.78, 5) is 4.69. The zero-order chi connectivity index (χ0) is 10.1. The van der Waals surface area contributed by atoms with E-state index in [9.17, 15) is 4.39 Å². The number of thiazole rings is 1. The zero-order valence-corrected chi connectivity index (χ0v) is 8.57. The Kier molecular flexibility index (Phi) is 2.39. The highest BCUT2D eigenvalue weighted by Crippen LogP contribution is 2.29. The quantitative estimate of drug-likeness (QED) is 0.814. The van der Waals surface area contributed by atoms with Gasteiger partial charge in [0.25, 0.3) is 0 Å². The molecule has 0 atom stereocenters. The van der Waals surface area contributed by atoms with Gasteiger partial charge in [-0.25, -0.2) is 9.37 Å². The van der Waals surface area contributed by atoms with Crippen molar-refractivity contribution in [1.82, 2.24) is 4.98 Å². The second-order valence-electron chi connectivity index (χ2n) is 2.72. The van der Waals surface area contributed by atoms with E-state index in [4.69, 9.17) is 17.3 Å². The van der Waals surface area contributed by atoms with Crippen LogP contribution in [-0.4, -0.2) is 4.98 Å². The molecule has 0 aliphatic carbocycles. The summed E-state index contributed by atoms with van der Waals surface area (Å²) in [5, 5.41) is 0.826. The largest absolute Gasteiger partial charge is 0.375 e. The lowest BCUT2D eigenvalue weighted by atomic mass is 10.2. The highest BCUT2D eigenvalue weighted by Gasteiger charge is 2.05. The second-order valence-corrected chi connectivity index (χ2v) is 4.22. The molecule has 5 heteroatoms. The highest BCUT2D eigenvalue weighted by molar-refractivity contribution is 7.18. The van der Waals surface area contributed by atoms with Gasteiger partial charge in [-0.3, -0.25) is 0 Å². The lowest BCUT2D eigenvalue weighted by Gasteiger charge is -1.97. The average molecular weight is 229 g/mol. The Hall–Kier alpha value is -1.13. The molecule has 0 radical (unpaired) electrons. The lowest BCUT2D eigenvalue weighted by molar-refractivity contribution is 0.628. The van der Waals surface area contributed by atoms with Gasteiger partial charge < -0.3 is 5.73 Å². The Morgan fingerprint density at radius 3 is 2.71 bits per heavy atom. The summed E-state index contributed by atoms with van der Waals surface area (Å²) in [5.41, 5.74) is 6.17. The van der Waals surface area contributed by atoms with E-state index in [0.29, 0.717) is 15.7 Å². The number of aromatic nitrogens is 1. The Balaban J connectivity index is 2.51. The van der Waals surface area contributed by atoms with Gasteiger partial charge in [-0.1, -0.05) is 22.9 Å². The summed E-state index contributed by atoms with van der Waals surface area (Å²) in [6, 6.07) is 4.34. The Morgan fingerprint density at radius 2 is 2.14 bits per heavy atom. The van der Waals surface area contributed by atoms with Gasteiger partial charge in [0.15, 0.2) is 5.13 Å². The molecule has 0 spiro atoms. The number of anilines is 1. The van der Waals surface area contributed by atoms with Crippen LogP contribution in [0.5, 0.6) is 0 Å². The van der Waals surface area contributed by atoms with Gasteiger partial charge in [0, 0.05) is 11.2 Å². The molecule has 0 bridgehead atoms. The van der Waals surface area contributed by atoms with Crippen LogP contribution in [0, 0.1) is 5.82 Å². The molecule has 0 aliphatic heterocycles. The third-order valence-corrected chi connectivity index (χ3v) is 2.76. The summed E-state index contributed by atoms with van der Waals surface area (Å²) in [6.45, 7) is 0. The van der Waals surface area contributed by atoms with Gasteiger partial charge >= 0.3 is 0 Å². The van der Waals surface area contributed by atoms with E-state index in [-0.39, 0.29) is 5.82 Å². The molecular weight excluding hydrogens is 223 g/mol. The molecule has 1 aromatic carbocycles. The molecule has 0 saturated heterocycles. The van der Waals surface area contributed by atoms with Crippen molar-refractivity contribution in [2.24, 2.45) is 0 Å². The molecular formula is C9H6ClFN2S. The number of hydrogen-bond acceptors (Lipinski definition) is 3. The molecule has 1 heterocycles. The second kappa shape index (κ2) is 3.55. The van der Waals surface area contributed by atoms with Crippen molar-refractivity contribution in [3.8, 4) is 10.4 Å². The summed E-state index contributed by atoms with van der Waals surface area (Å²) in [7, 11) is 0. The van der Waals surface area contributed by atoms with Crippen molar-refractivity contribution in [1.29, 1.82) is 0 Å². The minimum absolute atomic E-state index is 0.362. The van der Waals surface area contributed by atoms with Crippen LogP contribution >= 0.6 is 22.9 Å². The molecule has 0 unspecified atom stereocenters. The first-order chi connectivity index (χ1) is 6.65. The topological polar surface area (TPSA) is 38.9 Å². The number of nitrogen functional groups attached to an aromatic ring is 1. The number of hydrogen-bond donors (Lipinski definition) is 1. The highest BCUT2D eigenvalue weighted by atomic mass is 35.5. The fraction of sp³-hybridized carbons (Fsp3) is 0. The van der Waals surface area contributed by atoms with Crippen molar-refractivity contribution < 1.29 is 4.39 Å². The first-order valence-electron chi connectivity index (χ1n) is 3.83. The van der Waals surface area contributed by atoms with E-state index < -0.39 is 0 Å². The zero-order valence-electron chi connectivity index (χ0n) is 7.00. The van der Waals surface area contributed by atoms with E-state index in [0.717, 1.165) is 4.88 Å².